The minimum atomic E-state index is -3.40. The van der Waals surface area contributed by atoms with Gasteiger partial charge in [-0.2, -0.15) is 4.31 Å². The van der Waals surface area contributed by atoms with Crippen molar-refractivity contribution < 1.29 is 8.42 Å². The number of rotatable bonds is 3. The molecule has 0 N–H and O–H groups in total. The van der Waals surface area contributed by atoms with E-state index in [1.54, 1.807) is 21.1 Å². The van der Waals surface area contributed by atoms with Crippen LogP contribution in [-0.4, -0.2) is 29.4 Å². The molecule has 0 bridgehead atoms. The van der Waals surface area contributed by atoms with Gasteiger partial charge in [0.15, 0.2) is 0 Å². The predicted octanol–water partition coefficient (Wildman–Crippen LogP) is 2.33. The van der Waals surface area contributed by atoms with Crippen molar-refractivity contribution >= 4 is 21.6 Å². The topological polar surface area (TPSA) is 42.3 Å². The van der Waals surface area contributed by atoms with Gasteiger partial charge in [0.2, 0.25) is 10.0 Å². The molecule has 0 amide bonds. The Morgan fingerprint density at radius 3 is 2.56 bits per heavy atom. The minimum Gasteiger partial charge on any atom is -0.352 e. The van der Waals surface area contributed by atoms with Gasteiger partial charge >= 0.3 is 0 Å². The Morgan fingerprint density at radius 1 is 1.44 bits per heavy atom. The van der Waals surface area contributed by atoms with E-state index in [-0.39, 0.29) is 5.54 Å². The molecule has 0 aromatic carbocycles. The van der Waals surface area contributed by atoms with Crippen LogP contribution in [0.3, 0.4) is 0 Å². The first-order chi connectivity index (χ1) is 8.29. The van der Waals surface area contributed by atoms with E-state index in [2.05, 4.69) is 0 Å². The van der Waals surface area contributed by atoms with Crippen LogP contribution in [0.1, 0.15) is 32.4 Å². The van der Waals surface area contributed by atoms with Gasteiger partial charge in [-0.25, -0.2) is 8.42 Å². The van der Waals surface area contributed by atoms with Gasteiger partial charge in [-0.15, -0.1) is 11.6 Å². The van der Waals surface area contributed by atoms with E-state index in [0.29, 0.717) is 17.3 Å². The molecule has 2 heterocycles. The number of alkyl halides is 1. The van der Waals surface area contributed by atoms with E-state index >= 15 is 0 Å². The summed E-state index contributed by atoms with van der Waals surface area (Å²) in [6, 6.07) is 1.66. The minimum absolute atomic E-state index is 0.296. The summed E-state index contributed by atoms with van der Waals surface area (Å²) in [5.41, 5.74) is 0.516. The summed E-state index contributed by atoms with van der Waals surface area (Å²) < 4.78 is 28.6. The van der Waals surface area contributed by atoms with Crippen LogP contribution in [0.4, 0.5) is 0 Å². The largest absolute Gasteiger partial charge is 0.352 e. The van der Waals surface area contributed by atoms with E-state index in [9.17, 15) is 8.42 Å². The highest BCUT2D eigenvalue weighted by Gasteiger charge is 2.41. The van der Waals surface area contributed by atoms with Gasteiger partial charge in [0, 0.05) is 31.0 Å². The molecular weight excluding hydrogens is 272 g/mol. The van der Waals surface area contributed by atoms with Crippen LogP contribution in [0, 0.1) is 0 Å². The van der Waals surface area contributed by atoms with E-state index < -0.39 is 10.0 Å². The Hall–Kier alpha value is -0.520. The number of hydrogen-bond acceptors (Lipinski definition) is 2. The first kappa shape index (κ1) is 13.9. The third kappa shape index (κ3) is 2.19. The lowest BCUT2D eigenvalue weighted by atomic mass is 10.0. The van der Waals surface area contributed by atoms with Gasteiger partial charge in [0.05, 0.1) is 5.88 Å². The van der Waals surface area contributed by atoms with Gasteiger partial charge < -0.3 is 4.57 Å². The summed E-state index contributed by atoms with van der Waals surface area (Å²) in [5, 5.41) is 0. The molecule has 1 fully saturated rings. The quantitative estimate of drug-likeness (QED) is 0.802. The van der Waals surface area contributed by atoms with Crippen LogP contribution < -0.4 is 0 Å². The Labute approximate surface area is 114 Å². The molecule has 18 heavy (non-hydrogen) atoms. The average Bonchev–Trinajstić information content (AvgIpc) is 2.81. The second-order valence-electron chi connectivity index (χ2n) is 5.40. The third-order valence-electron chi connectivity index (χ3n) is 3.63. The maximum Gasteiger partial charge on any atom is 0.245 e. The summed E-state index contributed by atoms with van der Waals surface area (Å²) in [7, 11) is -1.59. The lowest BCUT2D eigenvalue weighted by molar-refractivity contribution is 0.291. The number of sulfonamides is 1. The zero-order valence-electron chi connectivity index (χ0n) is 11.0. The molecule has 6 heteroatoms. The number of aromatic nitrogens is 1. The summed E-state index contributed by atoms with van der Waals surface area (Å²) in [4.78, 5) is 0.343. The second-order valence-corrected chi connectivity index (χ2v) is 7.53. The van der Waals surface area contributed by atoms with E-state index in [0.717, 1.165) is 18.5 Å². The third-order valence-corrected chi connectivity index (χ3v) is 5.98. The van der Waals surface area contributed by atoms with Crippen LogP contribution >= 0.6 is 11.6 Å². The van der Waals surface area contributed by atoms with Crippen LogP contribution in [0.5, 0.6) is 0 Å². The summed E-state index contributed by atoms with van der Waals surface area (Å²) >= 11 is 5.78. The Kier molecular flexibility index (Phi) is 3.51. The SMILES string of the molecule is Cn1cc(S(=O)(=O)N2CCCC2(C)C)cc1CCl. The molecule has 0 radical (unpaired) electrons. The van der Waals surface area contributed by atoms with E-state index in [1.807, 2.05) is 20.9 Å². The normalized spacial score (nSPS) is 20.4. The lowest BCUT2D eigenvalue weighted by Crippen LogP contribution is -2.42. The van der Waals surface area contributed by atoms with Gasteiger partial charge in [0.25, 0.3) is 0 Å². The van der Waals surface area contributed by atoms with Crippen LogP contribution in [0.15, 0.2) is 17.2 Å². The Balaban J connectivity index is 2.42. The van der Waals surface area contributed by atoms with Crippen molar-refractivity contribution in [1.82, 2.24) is 8.87 Å². The smallest absolute Gasteiger partial charge is 0.245 e. The summed E-state index contributed by atoms with van der Waals surface area (Å²) in [6.07, 6.45) is 3.46. The predicted molar refractivity (Wildman–Crippen MR) is 72.2 cm³/mol. The van der Waals surface area contributed by atoms with E-state index in [4.69, 9.17) is 11.6 Å². The number of aryl methyl sites for hydroxylation is 1. The van der Waals surface area contributed by atoms with Gasteiger partial charge in [0.1, 0.15) is 4.90 Å². The monoisotopic (exact) mass is 290 g/mol. The highest BCUT2D eigenvalue weighted by atomic mass is 35.5. The highest BCUT2D eigenvalue weighted by Crippen LogP contribution is 2.34. The first-order valence-corrected chi connectivity index (χ1v) is 8.00. The zero-order valence-corrected chi connectivity index (χ0v) is 12.6. The summed E-state index contributed by atoms with van der Waals surface area (Å²) in [6.45, 7) is 4.55. The van der Waals surface area contributed by atoms with Crippen molar-refractivity contribution in [2.45, 2.75) is 43.0 Å². The van der Waals surface area contributed by atoms with Gasteiger partial charge in [-0.05, 0) is 32.8 Å². The molecule has 1 aliphatic rings. The Morgan fingerprint density at radius 2 is 2.11 bits per heavy atom. The van der Waals surface area contributed by atoms with Crippen molar-refractivity contribution in [3.05, 3.63) is 18.0 Å². The molecular formula is C12H19ClN2O2S. The molecule has 0 atom stereocenters. The van der Waals surface area contributed by atoms with Crippen molar-refractivity contribution in [2.24, 2.45) is 7.05 Å². The first-order valence-electron chi connectivity index (χ1n) is 6.03. The van der Waals surface area contributed by atoms with Crippen molar-refractivity contribution in [2.75, 3.05) is 6.54 Å². The van der Waals surface area contributed by atoms with Gasteiger partial charge in [-0.3, -0.25) is 0 Å². The maximum atomic E-state index is 12.6. The maximum absolute atomic E-state index is 12.6. The van der Waals surface area contributed by atoms with Crippen molar-refractivity contribution in [3.8, 4) is 0 Å². The number of nitrogens with zero attached hydrogens (tertiary/aromatic N) is 2. The fourth-order valence-electron chi connectivity index (χ4n) is 2.51. The molecule has 2 rings (SSSR count). The van der Waals surface area contributed by atoms with Crippen LogP contribution in [-0.2, 0) is 23.0 Å². The second kappa shape index (κ2) is 4.54. The molecule has 0 saturated carbocycles. The molecule has 0 aliphatic carbocycles. The summed E-state index contributed by atoms with van der Waals surface area (Å²) in [5.74, 6) is 0.315. The average molecular weight is 291 g/mol. The van der Waals surface area contributed by atoms with Crippen LogP contribution in [0.2, 0.25) is 0 Å². The fraction of sp³-hybridized carbons (Fsp3) is 0.667. The molecule has 4 nitrogen and oxygen atoms in total. The molecule has 1 aliphatic heterocycles. The van der Waals surface area contributed by atoms with Crippen LogP contribution in [0.25, 0.3) is 0 Å². The number of halogens is 1. The van der Waals surface area contributed by atoms with E-state index in [1.165, 1.54) is 0 Å². The molecule has 0 unspecified atom stereocenters. The van der Waals surface area contributed by atoms with Crippen molar-refractivity contribution in [3.63, 3.8) is 0 Å². The van der Waals surface area contributed by atoms with Gasteiger partial charge in [-0.1, -0.05) is 0 Å². The molecule has 1 saturated heterocycles. The molecule has 102 valence electrons. The lowest BCUT2D eigenvalue weighted by Gasteiger charge is -2.30. The molecule has 0 spiro atoms. The zero-order chi connectivity index (χ0) is 13.6. The molecule has 1 aromatic rings. The highest BCUT2D eigenvalue weighted by molar-refractivity contribution is 7.89. The number of hydrogen-bond donors (Lipinski definition) is 0. The molecule has 1 aromatic heterocycles. The Bertz CT molecular complexity index is 548. The standard InChI is InChI=1S/C12H19ClN2O2S/c1-12(2)5-4-6-15(12)18(16,17)11-7-10(8-13)14(3)9-11/h7,9H,4-6,8H2,1-3H3. The van der Waals surface area contributed by atoms with Crippen molar-refractivity contribution in [1.29, 1.82) is 0 Å². The fourth-order valence-corrected chi connectivity index (χ4v) is 4.71.